The maximum Gasteiger partial charge on any atom is 0.416 e. The maximum absolute atomic E-state index is 13.1. The third-order valence-corrected chi connectivity index (χ3v) is 5.36. The molecule has 1 unspecified atom stereocenters. The number of halogens is 6. The van der Waals surface area contributed by atoms with Crippen molar-refractivity contribution in [2.24, 2.45) is 0 Å². The Hall–Kier alpha value is -2.53. The summed E-state index contributed by atoms with van der Waals surface area (Å²) >= 11 is -1.35. The minimum absolute atomic E-state index is 0.0492. The van der Waals surface area contributed by atoms with Gasteiger partial charge in [0.05, 0.1) is 17.3 Å². The predicted octanol–water partition coefficient (Wildman–Crippen LogP) is 5.10. The minimum Gasteiger partial charge on any atom is -0.611 e. The van der Waals surface area contributed by atoms with Gasteiger partial charge in [-0.25, -0.2) is 4.68 Å². The normalized spacial score (nSPS) is 13.5. The second-order valence-corrected chi connectivity index (χ2v) is 7.65. The maximum atomic E-state index is 13.1. The summed E-state index contributed by atoms with van der Waals surface area (Å²) in [5.41, 5.74) is -3.07. The highest BCUT2D eigenvalue weighted by Crippen LogP contribution is 2.38. The lowest BCUT2D eigenvalue weighted by Gasteiger charge is -2.13. The first-order valence-electron chi connectivity index (χ1n) is 8.20. The van der Waals surface area contributed by atoms with Crippen molar-refractivity contribution in [2.75, 3.05) is 5.75 Å². The van der Waals surface area contributed by atoms with E-state index in [1.54, 1.807) is 31.2 Å². The van der Waals surface area contributed by atoms with E-state index in [-0.39, 0.29) is 17.3 Å². The fourth-order valence-corrected chi connectivity index (χ4v) is 3.55. The minimum atomic E-state index is -4.96. The van der Waals surface area contributed by atoms with E-state index >= 15 is 0 Å². The molecule has 0 fully saturated rings. The Bertz CT molecular complexity index is 983. The standard InChI is InChI=1S/C18H13F6N3OS/c1-2-29(28)16-6-4-3-5-15(16)27-10-14(25-26-27)11-7-12(17(19,20)21)9-13(8-11)18(22,23)24/h3-10H,2H2,1H3. The lowest BCUT2D eigenvalue weighted by Crippen LogP contribution is -2.11. The van der Waals surface area contributed by atoms with E-state index in [2.05, 4.69) is 10.3 Å². The Balaban J connectivity index is 2.10. The van der Waals surface area contributed by atoms with Crippen molar-refractivity contribution >= 4 is 11.2 Å². The van der Waals surface area contributed by atoms with E-state index in [1.165, 1.54) is 10.9 Å². The number of aromatic nitrogens is 3. The zero-order chi connectivity index (χ0) is 21.4. The SMILES string of the molecule is CC[S+]([O-])c1ccccc1-n1cc(-c2cc(C(F)(F)F)cc(C(F)(F)F)c2)nn1. The molecule has 1 aromatic heterocycles. The second kappa shape index (κ2) is 7.71. The fraction of sp³-hybridized carbons (Fsp3) is 0.222. The molecule has 154 valence electrons. The summed E-state index contributed by atoms with van der Waals surface area (Å²) in [5.74, 6) is 0.321. The molecular formula is C18H13F6N3OS. The molecule has 1 heterocycles. The first-order valence-corrected chi connectivity index (χ1v) is 9.52. The van der Waals surface area contributed by atoms with E-state index in [1.807, 2.05) is 0 Å². The largest absolute Gasteiger partial charge is 0.611 e. The molecule has 2 aromatic carbocycles. The third-order valence-electron chi connectivity index (χ3n) is 4.00. The van der Waals surface area contributed by atoms with Gasteiger partial charge in [0.2, 0.25) is 0 Å². The Morgan fingerprint density at radius 3 is 2.10 bits per heavy atom. The van der Waals surface area contributed by atoms with E-state index in [9.17, 15) is 30.9 Å². The molecule has 4 nitrogen and oxygen atoms in total. The van der Waals surface area contributed by atoms with Crippen molar-refractivity contribution in [1.82, 2.24) is 15.0 Å². The van der Waals surface area contributed by atoms with Crippen LogP contribution in [0.4, 0.5) is 26.3 Å². The van der Waals surface area contributed by atoms with Gasteiger partial charge in [-0.2, -0.15) is 26.3 Å². The van der Waals surface area contributed by atoms with Crippen molar-refractivity contribution in [3.8, 4) is 16.9 Å². The lowest BCUT2D eigenvalue weighted by atomic mass is 10.0. The zero-order valence-corrected chi connectivity index (χ0v) is 15.6. The molecule has 0 bridgehead atoms. The number of nitrogens with zero attached hydrogens (tertiary/aromatic N) is 3. The van der Waals surface area contributed by atoms with Gasteiger partial charge >= 0.3 is 12.4 Å². The highest BCUT2D eigenvalue weighted by molar-refractivity contribution is 7.91. The Labute approximate surface area is 164 Å². The van der Waals surface area contributed by atoms with Crippen LogP contribution in [-0.2, 0) is 23.5 Å². The lowest BCUT2D eigenvalue weighted by molar-refractivity contribution is -0.143. The van der Waals surface area contributed by atoms with E-state index in [4.69, 9.17) is 0 Å². The average Bonchev–Trinajstić information content (AvgIpc) is 3.15. The molecule has 0 saturated carbocycles. The molecule has 0 amide bonds. The summed E-state index contributed by atoms with van der Waals surface area (Å²) in [6, 6.07) is 7.69. The summed E-state index contributed by atoms with van der Waals surface area (Å²) < 4.78 is 91.7. The highest BCUT2D eigenvalue weighted by Gasteiger charge is 2.37. The summed E-state index contributed by atoms with van der Waals surface area (Å²) in [4.78, 5) is 0.423. The van der Waals surface area contributed by atoms with Crippen LogP contribution in [0.25, 0.3) is 16.9 Å². The highest BCUT2D eigenvalue weighted by atomic mass is 32.2. The molecule has 0 spiro atoms. The Kier molecular flexibility index (Phi) is 5.63. The van der Waals surface area contributed by atoms with Crippen LogP contribution in [-0.4, -0.2) is 25.3 Å². The molecule has 3 aromatic rings. The Morgan fingerprint density at radius 2 is 1.55 bits per heavy atom. The molecule has 0 radical (unpaired) electrons. The number of benzene rings is 2. The molecule has 0 saturated heterocycles. The molecule has 3 rings (SSSR count). The summed E-state index contributed by atoms with van der Waals surface area (Å²) in [7, 11) is 0. The van der Waals surface area contributed by atoms with Crippen molar-refractivity contribution < 1.29 is 30.9 Å². The molecule has 29 heavy (non-hydrogen) atoms. The van der Waals surface area contributed by atoms with Gasteiger partial charge in [-0.3, -0.25) is 0 Å². The molecule has 0 aliphatic heterocycles. The van der Waals surface area contributed by atoms with Crippen LogP contribution in [0, 0.1) is 0 Å². The van der Waals surface area contributed by atoms with E-state index in [0.717, 1.165) is 0 Å². The van der Waals surface area contributed by atoms with Gasteiger partial charge in [0, 0.05) is 5.56 Å². The van der Waals surface area contributed by atoms with Gasteiger partial charge in [0.1, 0.15) is 17.1 Å². The molecule has 0 aliphatic carbocycles. The van der Waals surface area contributed by atoms with Crippen molar-refractivity contribution in [3.63, 3.8) is 0 Å². The van der Waals surface area contributed by atoms with Gasteiger partial charge < -0.3 is 4.55 Å². The first-order chi connectivity index (χ1) is 13.5. The Morgan fingerprint density at radius 1 is 0.966 bits per heavy atom. The van der Waals surface area contributed by atoms with Gasteiger partial charge in [0.25, 0.3) is 0 Å². The second-order valence-electron chi connectivity index (χ2n) is 5.94. The molecule has 0 N–H and O–H groups in total. The van der Waals surface area contributed by atoms with Gasteiger partial charge in [-0.15, -0.1) is 5.10 Å². The van der Waals surface area contributed by atoms with Crippen LogP contribution in [0.2, 0.25) is 0 Å². The average molecular weight is 433 g/mol. The van der Waals surface area contributed by atoms with Crippen molar-refractivity contribution in [1.29, 1.82) is 0 Å². The number of para-hydroxylation sites is 1. The summed E-state index contributed by atoms with van der Waals surface area (Å²) in [6.45, 7) is 1.71. The quantitative estimate of drug-likeness (QED) is 0.425. The van der Waals surface area contributed by atoms with E-state index < -0.39 is 34.7 Å². The van der Waals surface area contributed by atoms with Crippen LogP contribution < -0.4 is 0 Å². The summed E-state index contributed by atoms with van der Waals surface area (Å²) in [6.07, 6.45) is -8.73. The predicted molar refractivity (Wildman–Crippen MR) is 93.7 cm³/mol. The van der Waals surface area contributed by atoms with E-state index in [0.29, 0.717) is 28.5 Å². The monoisotopic (exact) mass is 433 g/mol. The van der Waals surface area contributed by atoms with Crippen molar-refractivity contribution in [3.05, 3.63) is 59.8 Å². The third kappa shape index (κ3) is 4.56. The topological polar surface area (TPSA) is 53.8 Å². The van der Waals surface area contributed by atoms with Crippen LogP contribution in [0.1, 0.15) is 18.1 Å². The van der Waals surface area contributed by atoms with Gasteiger partial charge in [-0.1, -0.05) is 17.3 Å². The van der Waals surface area contributed by atoms with Crippen LogP contribution in [0.5, 0.6) is 0 Å². The molecule has 1 atom stereocenters. The van der Waals surface area contributed by atoms with Crippen LogP contribution in [0.15, 0.2) is 53.6 Å². The zero-order valence-electron chi connectivity index (χ0n) is 14.8. The number of hydrogen-bond donors (Lipinski definition) is 0. The summed E-state index contributed by atoms with van der Waals surface area (Å²) in [5, 5.41) is 7.51. The van der Waals surface area contributed by atoms with Gasteiger partial charge in [-0.05, 0) is 48.4 Å². The van der Waals surface area contributed by atoms with Gasteiger partial charge in [0.15, 0.2) is 4.90 Å². The molecule has 0 aliphatic rings. The van der Waals surface area contributed by atoms with Crippen molar-refractivity contribution in [2.45, 2.75) is 24.2 Å². The van der Waals surface area contributed by atoms with Crippen LogP contribution >= 0.6 is 0 Å². The fourth-order valence-electron chi connectivity index (χ4n) is 2.61. The first kappa shape index (κ1) is 21.2. The smallest absolute Gasteiger partial charge is 0.416 e. The number of rotatable bonds is 4. The number of alkyl halides is 6. The number of hydrogen-bond acceptors (Lipinski definition) is 3. The molecule has 11 heteroatoms. The van der Waals surface area contributed by atoms with Crippen LogP contribution in [0.3, 0.4) is 0 Å². The molecular weight excluding hydrogens is 420 g/mol.